The first-order chi connectivity index (χ1) is 25.4. The number of amides is 1. The summed E-state index contributed by atoms with van der Waals surface area (Å²) in [5.41, 5.74) is 5.48. The van der Waals surface area contributed by atoms with E-state index in [0.29, 0.717) is 32.2 Å². The molecule has 0 fully saturated rings. The summed E-state index contributed by atoms with van der Waals surface area (Å²) < 4.78 is 6.02. The van der Waals surface area contributed by atoms with E-state index in [1.54, 1.807) is 0 Å². The van der Waals surface area contributed by atoms with Gasteiger partial charge in [0.2, 0.25) is 5.91 Å². The predicted octanol–water partition coefficient (Wildman–Crippen LogP) is 12.0. The van der Waals surface area contributed by atoms with Crippen molar-refractivity contribution in [1.29, 1.82) is 0 Å². The minimum Gasteiger partial charge on any atom is -0.480 e. The van der Waals surface area contributed by atoms with E-state index in [-0.39, 0.29) is 18.0 Å². The molecule has 0 aliphatic rings. The summed E-state index contributed by atoms with van der Waals surface area (Å²) in [5, 5.41) is 11.9. The Morgan fingerprint density at radius 3 is 1.58 bits per heavy atom. The fourth-order valence-corrected chi connectivity index (χ4v) is 6.21. The maximum Gasteiger partial charge on any atom is 0.326 e. The lowest BCUT2D eigenvalue weighted by molar-refractivity contribution is -0.150. The molecule has 7 nitrogen and oxygen atoms in total. The van der Waals surface area contributed by atoms with E-state index in [9.17, 15) is 19.5 Å². The quantitative estimate of drug-likeness (QED) is 0.0331. The number of ether oxygens (including phenoxy) is 1. The van der Waals surface area contributed by atoms with Crippen molar-refractivity contribution in [2.75, 3.05) is 6.54 Å². The number of carboxylic acids is 1. The maximum absolute atomic E-state index is 12.8. The molecule has 2 atom stereocenters. The van der Waals surface area contributed by atoms with Crippen molar-refractivity contribution in [3.8, 4) is 0 Å². The lowest BCUT2D eigenvalue weighted by atomic mass is 10.0. The maximum atomic E-state index is 12.8. The van der Waals surface area contributed by atoms with Gasteiger partial charge in [-0.05, 0) is 96.4 Å². The summed E-state index contributed by atoms with van der Waals surface area (Å²) in [6.07, 6.45) is 47.2. The Hall–Kier alpha value is -2.67. The molecular formula is C45H80N2O5. The van der Waals surface area contributed by atoms with Gasteiger partial charge in [-0.2, -0.15) is 0 Å². The van der Waals surface area contributed by atoms with Gasteiger partial charge in [0, 0.05) is 12.8 Å². The minimum absolute atomic E-state index is 0.00681. The number of allylic oxidation sites excluding steroid dienone is 8. The van der Waals surface area contributed by atoms with E-state index >= 15 is 0 Å². The Labute approximate surface area is 319 Å². The van der Waals surface area contributed by atoms with Crippen LogP contribution in [0.3, 0.4) is 0 Å². The fraction of sp³-hybridized carbons (Fsp3) is 0.756. The van der Waals surface area contributed by atoms with Crippen molar-refractivity contribution >= 4 is 17.8 Å². The highest BCUT2D eigenvalue weighted by atomic mass is 16.5. The van der Waals surface area contributed by atoms with Crippen LogP contribution >= 0.6 is 0 Å². The zero-order valence-corrected chi connectivity index (χ0v) is 33.6. The third-order valence-corrected chi connectivity index (χ3v) is 9.41. The van der Waals surface area contributed by atoms with Gasteiger partial charge in [0.1, 0.15) is 12.1 Å². The van der Waals surface area contributed by atoms with Gasteiger partial charge in [-0.15, -0.1) is 0 Å². The monoisotopic (exact) mass is 729 g/mol. The van der Waals surface area contributed by atoms with E-state index in [0.717, 1.165) is 96.3 Å². The summed E-state index contributed by atoms with van der Waals surface area (Å²) in [6.45, 7) is 4.82. The van der Waals surface area contributed by atoms with Crippen LogP contribution in [0.25, 0.3) is 0 Å². The van der Waals surface area contributed by atoms with Crippen molar-refractivity contribution in [3.63, 3.8) is 0 Å². The summed E-state index contributed by atoms with van der Waals surface area (Å²) in [5.74, 6) is -1.27. The van der Waals surface area contributed by atoms with Gasteiger partial charge in [0.15, 0.2) is 0 Å². The van der Waals surface area contributed by atoms with E-state index in [1.807, 2.05) is 0 Å². The van der Waals surface area contributed by atoms with Gasteiger partial charge in [0.05, 0.1) is 0 Å². The van der Waals surface area contributed by atoms with Gasteiger partial charge in [-0.3, -0.25) is 9.59 Å². The van der Waals surface area contributed by atoms with Crippen LogP contribution in [0.2, 0.25) is 0 Å². The molecule has 7 heteroatoms. The van der Waals surface area contributed by atoms with Gasteiger partial charge in [0.25, 0.3) is 0 Å². The Balaban J connectivity index is 4.39. The summed E-state index contributed by atoms with van der Waals surface area (Å²) in [4.78, 5) is 36.3. The average Bonchev–Trinajstić information content (AvgIpc) is 3.13. The molecule has 1 amide bonds. The third-order valence-electron chi connectivity index (χ3n) is 9.41. The van der Waals surface area contributed by atoms with Gasteiger partial charge < -0.3 is 20.9 Å². The number of carbonyl (C=O) groups is 3. The number of aliphatic carboxylic acids is 1. The Morgan fingerprint density at radius 1 is 0.577 bits per heavy atom. The van der Waals surface area contributed by atoms with Gasteiger partial charge in [-0.1, -0.05) is 146 Å². The second-order valence-electron chi connectivity index (χ2n) is 14.4. The number of rotatable bonds is 38. The molecule has 0 aliphatic heterocycles. The van der Waals surface area contributed by atoms with Crippen molar-refractivity contribution in [2.45, 2.75) is 212 Å². The average molecular weight is 729 g/mol. The molecule has 0 saturated carbocycles. The van der Waals surface area contributed by atoms with Crippen molar-refractivity contribution < 1.29 is 24.2 Å². The molecule has 0 bridgehead atoms. The van der Waals surface area contributed by atoms with Crippen LogP contribution in [-0.4, -0.2) is 41.6 Å². The number of unbranched alkanes of at least 4 members (excludes halogenated alkanes) is 16. The second-order valence-corrected chi connectivity index (χ2v) is 14.4. The molecule has 0 aromatic rings. The SMILES string of the molecule is CC/C=C\C/C=C\C/C=C\C/C=C\CCCCC(=O)OC(CCCCCCCCCCCCC)CCCCCCCC(=O)NC(CCCN)C(=O)O. The first-order valence-corrected chi connectivity index (χ1v) is 21.5. The van der Waals surface area contributed by atoms with Crippen LogP contribution in [-0.2, 0) is 19.1 Å². The Kier molecular flexibility index (Phi) is 37.5. The summed E-state index contributed by atoms with van der Waals surface area (Å²) >= 11 is 0. The summed E-state index contributed by atoms with van der Waals surface area (Å²) in [6, 6.07) is -0.860. The van der Waals surface area contributed by atoms with Crippen LogP contribution in [0.4, 0.5) is 0 Å². The number of nitrogens with one attached hydrogen (secondary N) is 1. The smallest absolute Gasteiger partial charge is 0.326 e. The van der Waals surface area contributed by atoms with Crippen LogP contribution in [0, 0.1) is 0 Å². The zero-order chi connectivity index (χ0) is 38.2. The second kappa shape index (κ2) is 39.5. The normalized spacial score (nSPS) is 13.1. The van der Waals surface area contributed by atoms with E-state index in [1.165, 1.54) is 64.2 Å². The standard InChI is InChI=1S/C45H80N2O5/c1-3-5-7-9-11-13-15-16-17-18-20-22-24-29-33-39-44(49)52-41(35-30-26-23-21-19-14-12-10-8-6-4-2)36-31-27-25-28-32-38-43(48)47-42(45(50)51)37-34-40-46/h5,7,11,13,16-17,20,22,41-42H,3-4,6,8-10,12,14-15,18-19,21,23-40,46H2,1-2H3,(H,47,48)(H,50,51)/b7-5-,13-11-,17-16-,22-20-. The molecule has 300 valence electrons. The molecule has 2 unspecified atom stereocenters. The van der Waals surface area contributed by atoms with E-state index < -0.39 is 12.0 Å². The lowest BCUT2D eigenvalue weighted by Crippen LogP contribution is -2.40. The molecule has 0 heterocycles. The van der Waals surface area contributed by atoms with E-state index in [2.05, 4.69) is 67.8 Å². The Morgan fingerprint density at radius 2 is 1.06 bits per heavy atom. The molecule has 0 rings (SSSR count). The number of carboxylic acid groups (broad SMARTS) is 1. The number of carbonyl (C=O) groups excluding carboxylic acids is 2. The van der Waals surface area contributed by atoms with Crippen LogP contribution < -0.4 is 11.1 Å². The molecule has 4 N–H and O–H groups in total. The highest BCUT2D eigenvalue weighted by Crippen LogP contribution is 2.19. The fourth-order valence-electron chi connectivity index (χ4n) is 6.21. The van der Waals surface area contributed by atoms with Crippen LogP contribution in [0.1, 0.15) is 200 Å². The molecule has 0 saturated heterocycles. The first-order valence-electron chi connectivity index (χ1n) is 21.5. The molecular weight excluding hydrogens is 649 g/mol. The van der Waals surface area contributed by atoms with Crippen LogP contribution in [0.15, 0.2) is 48.6 Å². The van der Waals surface area contributed by atoms with Crippen LogP contribution in [0.5, 0.6) is 0 Å². The van der Waals surface area contributed by atoms with Crippen molar-refractivity contribution in [2.24, 2.45) is 5.73 Å². The molecule has 0 aromatic heterocycles. The lowest BCUT2D eigenvalue weighted by Gasteiger charge is -2.18. The highest BCUT2D eigenvalue weighted by Gasteiger charge is 2.19. The highest BCUT2D eigenvalue weighted by molar-refractivity contribution is 5.83. The molecule has 0 aliphatic carbocycles. The number of hydrogen-bond donors (Lipinski definition) is 3. The number of esters is 1. The molecule has 0 spiro atoms. The third kappa shape index (κ3) is 35.7. The van der Waals surface area contributed by atoms with Crippen molar-refractivity contribution in [3.05, 3.63) is 48.6 Å². The van der Waals surface area contributed by atoms with Gasteiger partial charge in [-0.25, -0.2) is 4.79 Å². The number of hydrogen-bond acceptors (Lipinski definition) is 5. The largest absolute Gasteiger partial charge is 0.480 e. The zero-order valence-electron chi connectivity index (χ0n) is 33.6. The predicted molar refractivity (Wildman–Crippen MR) is 220 cm³/mol. The molecule has 0 aromatic carbocycles. The minimum atomic E-state index is -1.01. The molecule has 0 radical (unpaired) electrons. The molecule has 52 heavy (non-hydrogen) atoms. The first kappa shape index (κ1) is 49.3. The van der Waals surface area contributed by atoms with E-state index in [4.69, 9.17) is 10.5 Å². The summed E-state index contributed by atoms with van der Waals surface area (Å²) in [7, 11) is 0. The number of nitrogens with two attached hydrogens (primary N) is 1. The van der Waals surface area contributed by atoms with Crippen molar-refractivity contribution in [1.82, 2.24) is 5.32 Å². The topological polar surface area (TPSA) is 119 Å². The Bertz CT molecular complexity index is 957. The van der Waals surface area contributed by atoms with Gasteiger partial charge >= 0.3 is 11.9 Å².